The van der Waals surface area contributed by atoms with Gasteiger partial charge in [-0.1, -0.05) is 36.4 Å². The molecule has 27 heavy (non-hydrogen) atoms. The molecule has 0 radical (unpaired) electrons. The number of benzene rings is 2. The van der Waals surface area contributed by atoms with Crippen LogP contribution >= 0.6 is 0 Å². The molecule has 4 nitrogen and oxygen atoms in total. The fraction of sp³-hybridized carbons (Fsp3) is 0.435. The van der Waals surface area contributed by atoms with E-state index in [1.54, 1.807) is 0 Å². The van der Waals surface area contributed by atoms with Gasteiger partial charge < -0.3 is 10.1 Å². The van der Waals surface area contributed by atoms with Gasteiger partial charge in [-0.15, -0.1) is 0 Å². The second-order valence-electron chi connectivity index (χ2n) is 7.70. The average molecular weight is 367 g/mol. The number of aryl methyl sites for hydroxylation is 1. The summed E-state index contributed by atoms with van der Waals surface area (Å²) in [4.78, 5) is 14.9. The fourth-order valence-corrected chi connectivity index (χ4v) is 3.71. The fourth-order valence-electron chi connectivity index (χ4n) is 3.71. The van der Waals surface area contributed by atoms with E-state index in [-0.39, 0.29) is 18.1 Å². The summed E-state index contributed by atoms with van der Waals surface area (Å²) in [7, 11) is 0. The molecule has 1 saturated heterocycles. The number of amides is 1. The van der Waals surface area contributed by atoms with Crippen LogP contribution in [-0.2, 0) is 17.8 Å². The molecule has 2 aromatic rings. The Labute approximate surface area is 162 Å². The highest BCUT2D eigenvalue weighted by Gasteiger charge is 2.21. The van der Waals surface area contributed by atoms with Gasteiger partial charge in [-0.3, -0.25) is 9.69 Å². The van der Waals surface area contributed by atoms with Crippen LogP contribution in [0.1, 0.15) is 46.5 Å². The predicted octanol–water partition coefficient (Wildman–Crippen LogP) is 3.84. The smallest absolute Gasteiger partial charge is 0.251 e. The van der Waals surface area contributed by atoms with Gasteiger partial charge in [-0.2, -0.15) is 0 Å². The average Bonchev–Trinajstić information content (AvgIpc) is 2.62. The van der Waals surface area contributed by atoms with Crippen LogP contribution in [0.5, 0.6) is 0 Å². The third kappa shape index (κ3) is 5.18. The van der Waals surface area contributed by atoms with Crippen molar-refractivity contribution in [2.24, 2.45) is 0 Å². The van der Waals surface area contributed by atoms with Crippen molar-refractivity contribution < 1.29 is 9.53 Å². The monoisotopic (exact) mass is 366 g/mol. The Hall–Kier alpha value is -2.17. The van der Waals surface area contributed by atoms with Gasteiger partial charge in [0.15, 0.2) is 0 Å². The first-order valence-corrected chi connectivity index (χ1v) is 9.72. The maximum Gasteiger partial charge on any atom is 0.251 e. The third-order valence-corrected chi connectivity index (χ3v) is 5.23. The lowest BCUT2D eigenvalue weighted by Crippen LogP contribution is -2.44. The second kappa shape index (κ2) is 8.68. The van der Waals surface area contributed by atoms with E-state index in [4.69, 9.17) is 4.74 Å². The predicted molar refractivity (Wildman–Crippen MR) is 109 cm³/mol. The van der Waals surface area contributed by atoms with E-state index in [1.165, 1.54) is 5.56 Å². The zero-order valence-corrected chi connectivity index (χ0v) is 16.8. The molecular formula is C23H30N2O2. The minimum atomic E-state index is -0.0171. The Morgan fingerprint density at radius 2 is 1.67 bits per heavy atom. The Morgan fingerprint density at radius 1 is 1.04 bits per heavy atom. The third-order valence-electron chi connectivity index (χ3n) is 5.23. The molecule has 144 valence electrons. The number of ether oxygens (including phenoxy) is 1. The van der Waals surface area contributed by atoms with Crippen LogP contribution in [0.25, 0.3) is 0 Å². The molecular weight excluding hydrogens is 336 g/mol. The van der Waals surface area contributed by atoms with Crippen LogP contribution in [0, 0.1) is 13.8 Å². The lowest BCUT2D eigenvalue weighted by Gasteiger charge is -2.35. The molecule has 1 N–H and O–H groups in total. The van der Waals surface area contributed by atoms with E-state index in [1.807, 2.05) is 32.0 Å². The van der Waals surface area contributed by atoms with Gasteiger partial charge in [0.05, 0.1) is 12.2 Å². The quantitative estimate of drug-likeness (QED) is 0.874. The molecule has 2 atom stereocenters. The summed E-state index contributed by atoms with van der Waals surface area (Å²) in [6, 6.07) is 14.4. The maximum absolute atomic E-state index is 12.5. The largest absolute Gasteiger partial charge is 0.373 e. The number of morpholine rings is 1. The van der Waals surface area contributed by atoms with Crippen molar-refractivity contribution >= 4 is 5.91 Å². The lowest BCUT2D eigenvalue weighted by atomic mass is 10.0. The zero-order valence-electron chi connectivity index (χ0n) is 16.8. The van der Waals surface area contributed by atoms with E-state index in [2.05, 4.69) is 48.3 Å². The van der Waals surface area contributed by atoms with E-state index < -0.39 is 0 Å². The van der Waals surface area contributed by atoms with Gasteiger partial charge in [0.25, 0.3) is 5.91 Å². The second-order valence-corrected chi connectivity index (χ2v) is 7.70. The number of hydrogen-bond donors (Lipinski definition) is 1. The molecule has 2 aromatic carbocycles. The number of hydrogen-bond acceptors (Lipinski definition) is 3. The van der Waals surface area contributed by atoms with Crippen LogP contribution in [0.2, 0.25) is 0 Å². The van der Waals surface area contributed by atoms with Gasteiger partial charge in [-0.25, -0.2) is 0 Å². The molecule has 3 rings (SSSR count). The summed E-state index contributed by atoms with van der Waals surface area (Å²) < 4.78 is 5.80. The molecule has 1 aliphatic heterocycles. The molecule has 1 amide bonds. The van der Waals surface area contributed by atoms with Crippen LogP contribution in [0.3, 0.4) is 0 Å². The molecule has 0 aliphatic carbocycles. The number of carbonyl (C=O) groups is 1. The minimum Gasteiger partial charge on any atom is -0.373 e. The van der Waals surface area contributed by atoms with E-state index >= 15 is 0 Å². The highest BCUT2D eigenvalue weighted by Crippen LogP contribution is 2.15. The van der Waals surface area contributed by atoms with Gasteiger partial charge >= 0.3 is 0 Å². The van der Waals surface area contributed by atoms with E-state index in [0.717, 1.165) is 41.9 Å². The SMILES string of the molecule is Cc1cccc(C(=O)NCc2ccc(CN3CC(C)OC(C)C3)cc2)c1C. The maximum atomic E-state index is 12.5. The summed E-state index contributed by atoms with van der Waals surface area (Å²) in [5.41, 5.74) is 5.34. The number of rotatable bonds is 5. The normalized spacial score (nSPS) is 20.4. The lowest BCUT2D eigenvalue weighted by molar-refractivity contribution is -0.0704. The summed E-state index contributed by atoms with van der Waals surface area (Å²) in [6.07, 6.45) is 0.571. The zero-order chi connectivity index (χ0) is 19.4. The van der Waals surface area contributed by atoms with Crippen molar-refractivity contribution in [2.75, 3.05) is 13.1 Å². The van der Waals surface area contributed by atoms with Crippen molar-refractivity contribution in [2.45, 2.75) is 53.0 Å². The van der Waals surface area contributed by atoms with Crippen LogP contribution in [0.4, 0.5) is 0 Å². The van der Waals surface area contributed by atoms with Gasteiger partial charge in [0.1, 0.15) is 0 Å². The van der Waals surface area contributed by atoms with Crippen molar-refractivity contribution in [3.8, 4) is 0 Å². The van der Waals surface area contributed by atoms with Gasteiger partial charge in [0, 0.05) is 31.7 Å². The Kier molecular flexibility index (Phi) is 6.30. The minimum absolute atomic E-state index is 0.0171. The molecule has 2 unspecified atom stereocenters. The summed E-state index contributed by atoms with van der Waals surface area (Å²) in [5.74, 6) is -0.0171. The first-order chi connectivity index (χ1) is 12.9. The Balaban J connectivity index is 1.55. The Bertz CT molecular complexity index is 775. The molecule has 1 heterocycles. The topological polar surface area (TPSA) is 41.6 Å². The Morgan fingerprint density at radius 3 is 2.33 bits per heavy atom. The first kappa shape index (κ1) is 19.6. The van der Waals surface area contributed by atoms with Gasteiger partial charge in [-0.05, 0) is 56.0 Å². The summed E-state index contributed by atoms with van der Waals surface area (Å²) >= 11 is 0. The van der Waals surface area contributed by atoms with Crippen LogP contribution in [-0.4, -0.2) is 36.1 Å². The number of nitrogens with zero attached hydrogens (tertiary/aromatic N) is 1. The first-order valence-electron chi connectivity index (χ1n) is 9.72. The molecule has 0 bridgehead atoms. The van der Waals surface area contributed by atoms with Crippen molar-refractivity contribution in [3.05, 3.63) is 70.3 Å². The standard InChI is InChI=1S/C23H30N2O2/c1-16-6-5-7-22(19(16)4)23(26)24-12-20-8-10-21(11-9-20)15-25-13-17(2)27-18(3)14-25/h5-11,17-18H,12-15H2,1-4H3,(H,24,26). The molecule has 4 heteroatoms. The van der Waals surface area contributed by atoms with Crippen molar-refractivity contribution in [3.63, 3.8) is 0 Å². The summed E-state index contributed by atoms with van der Waals surface area (Å²) in [6.45, 7) is 11.7. The van der Waals surface area contributed by atoms with E-state index in [0.29, 0.717) is 6.54 Å². The van der Waals surface area contributed by atoms with E-state index in [9.17, 15) is 4.79 Å². The molecule has 0 aromatic heterocycles. The van der Waals surface area contributed by atoms with Crippen LogP contribution < -0.4 is 5.32 Å². The molecule has 0 spiro atoms. The highest BCUT2D eigenvalue weighted by molar-refractivity contribution is 5.95. The van der Waals surface area contributed by atoms with Crippen molar-refractivity contribution in [1.29, 1.82) is 0 Å². The van der Waals surface area contributed by atoms with Crippen LogP contribution in [0.15, 0.2) is 42.5 Å². The molecule has 0 saturated carbocycles. The van der Waals surface area contributed by atoms with Crippen molar-refractivity contribution in [1.82, 2.24) is 10.2 Å². The molecule has 1 fully saturated rings. The highest BCUT2D eigenvalue weighted by atomic mass is 16.5. The van der Waals surface area contributed by atoms with Gasteiger partial charge in [0.2, 0.25) is 0 Å². The summed E-state index contributed by atoms with van der Waals surface area (Å²) in [5, 5.41) is 3.03. The number of carbonyl (C=O) groups excluding carboxylic acids is 1. The molecule has 1 aliphatic rings. The number of nitrogens with one attached hydrogen (secondary N) is 1.